The summed E-state index contributed by atoms with van der Waals surface area (Å²) in [5, 5.41) is 0. The molecular weight excluding hydrogens is 178 g/mol. The Hall–Kier alpha value is -0.170. The lowest BCUT2D eigenvalue weighted by atomic mass is 10.1. The summed E-state index contributed by atoms with van der Waals surface area (Å²) < 4.78 is 26.4. The first-order valence-corrected chi connectivity index (χ1v) is 5.49. The van der Waals surface area contributed by atoms with Crippen LogP contribution < -0.4 is 10.5 Å². The molecule has 0 aliphatic carbocycles. The molecule has 1 heterocycles. The fourth-order valence-corrected chi connectivity index (χ4v) is 2.60. The van der Waals surface area contributed by atoms with Crippen LogP contribution in [0.1, 0.15) is 6.92 Å². The Labute approximate surface area is 73.1 Å². The summed E-state index contributed by atoms with van der Waals surface area (Å²) in [7, 11) is -3.19. The predicted molar refractivity (Wildman–Crippen MR) is 46.7 cm³/mol. The van der Waals surface area contributed by atoms with Crippen molar-refractivity contribution in [3.8, 4) is 0 Å². The molecule has 0 aromatic rings. The summed E-state index contributed by atoms with van der Waals surface area (Å²) in [6, 6.07) is 0. The molecule has 0 aromatic carbocycles. The second-order valence-electron chi connectivity index (χ2n) is 2.91. The van der Waals surface area contributed by atoms with Crippen LogP contribution in [0.15, 0.2) is 0 Å². The summed E-state index contributed by atoms with van der Waals surface area (Å²) in [6.45, 7) is 3.86. The molecule has 1 unspecified atom stereocenters. The standard InChI is InChI=1S/C6H15N3O2S/c1-2-9-5-6(3-7)4-8-12(9,10)11/h6,8H,2-5,7H2,1H3. The van der Waals surface area contributed by atoms with E-state index in [-0.39, 0.29) is 5.92 Å². The van der Waals surface area contributed by atoms with E-state index in [1.165, 1.54) is 4.31 Å². The van der Waals surface area contributed by atoms with E-state index in [0.29, 0.717) is 26.2 Å². The van der Waals surface area contributed by atoms with Crippen molar-refractivity contribution in [1.29, 1.82) is 0 Å². The van der Waals surface area contributed by atoms with Gasteiger partial charge in [0, 0.05) is 19.6 Å². The Balaban J connectivity index is 2.67. The number of rotatable bonds is 2. The lowest BCUT2D eigenvalue weighted by Gasteiger charge is -2.30. The minimum Gasteiger partial charge on any atom is -0.330 e. The van der Waals surface area contributed by atoms with Crippen molar-refractivity contribution >= 4 is 10.2 Å². The lowest BCUT2D eigenvalue weighted by molar-refractivity contribution is 0.321. The van der Waals surface area contributed by atoms with E-state index in [2.05, 4.69) is 4.72 Å². The Bertz CT molecular complexity index is 239. The molecular formula is C6H15N3O2S. The van der Waals surface area contributed by atoms with Crippen molar-refractivity contribution in [3.63, 3.8) is 0 Å². The highest BCUT2D eigenvalue weighted by Gasteiger charge is 2.28. The zero-order chi connectivity index (χ0) is 9.19. The van der Waals surface area contributed by atoms with Gasteiger partial charge in [0.25, 0.3) is 10.2 Å². The van der Waals surface area contributed by atoms with Crippen LogP contribution in [-0.2, 0) is 10.2 Å². The monoisotopic (exact) mass is 193 g/mol. The molecule has 1 aliphatic heterocycles. The van der Waals surface area contributed by atoms with E-state index in [4.69, 9.17) is 5.73 Å². The van der Waals surface area contributed by atoms with Gasteiger partial charge in [0.2, 0.25) is 0 Å². The summed E-state index contributed by atoms with van der Waals surface area (Å²) in [6.07, 6.45) is 0. The van der Waals surface area contributed by atoms with E-state index in [9.17, 15) is 8.42 Å². The molecule has 1 saturated heterocycles. The molecule has 0 spiro atoms. The summed E-state index contributed by atoms with van der Waals surface area (Å²) in [5.41, 5.74) is 5.45. The molecule has 6 heteroatoms. The van der Waals surface area contributed by atoms with Gasteiger partial charge < -0.3 is 5.73 Å². The smallest absolute Gasteiger partial charge is 0.279 e. The SMILES string of the molecule is CCN1CC(CN)CNS1(=O)=O. The zero-order valence-corrected chi connectivity index (χ0v) is 7.97. The summed E-state index contributed by atoms with van der Waals surface area (Å²) in [5.74, 6) is 0.244. The van der Waals surface area contributed by atoms with Gasteiger partial charge in [-0.2, -0.15) is 12.7 Å². The van der Waals surface area contributed by atoms with E-state index in [1.54, 1.807) is 0 Å². The Kier molecular flexibility index (Phi) is 3.05. The van der Waals surface area contributed by atoms with Gasteiger partial charge in [-0.3, -0.25) is 0 Å². The first kappa shape index (κ1) is 9.91. The van der Waals surface area contributed by atoms with Crippen molar-refractivity contribution in [1.82, 2.24) is 9.03 Å². The van der Waals surface area contributed by atoms with Crippen LogP contribution in [0.25, 0.3) is 0 Å². The average Bonchev–Trinajstić information content (AvgIpc) is 2.04. The highest BCUT2D eigenvalue weighted by atomic mass is 32.2. The van der Waals surface area contributed by atoms with Gasteiger partial charge in [-0.1, -0.05) is 6.92 Å². The first-order valence-electron chi connectivity index (χ1n) is 4.05. The third-order valence-electron chi connectivity index (χ3n) is 2.04. The molecule has 72 valence electrons. The van der Waals surface area contributed by atoms with Crippen molar-refractivity contribution in [2.45, 2.75) is 6.92 Å². The fourth-order valence-electron chi connectivity index (χ4n) is 1.22. The van der Waals surface area contributed by atoms with Gasteiger partial charge in [0.15, 0.2) is 0 Å². The fraction of sp³-hybridized carbons (Fsp3) is 1.00. The van der Waals surface area contributed by atoms with Gasteiger partial charge in [-0.05, 0) is 12.5 Å². The first-order chi connectivity index (χ1) is 5.60. The van der Waals surface area contributed by atoms with E-state index in [1.807, 2.05) is 6.92 Å². The highest BCUT2D eigenvalue weighted by Crippen LogP contribution is 2.09. The molecule has 3 N–H and O–H groups in total. The minimum absolute atomic E-state index is 0.244. The Morgan fingerprint density at radius 3 is 2.83 bits per heavy atom. The van der Waals surface area contributed by atoms with Gasteiger partial charge in [0.1, 0.15) is 0 Å². The maximum atomic E-state index is 11.2. The van der Waals surface area contributed by atoms with Gasteiger partial charge in [-0.25, -0.2) is 4.72 Å². The normalized spacial score (nSPS) is 30.3. The third kappa shape index (κ3) is 1.95. The largest absolute Gasteiger partial charge is 0.330 e. The van der Waals surface area contributed by atoms with Crippen LogP contribution in [-0.4, -0.2) is 38.9 Å². The highest BCUT2D eigenvalue weighted by molar-refractivity contribution is 7.87. The predicted octanol–water partition coefficient (Wildman–Crippen LogP) is -1.27. The molecule has 0 aromatic heterocycles. The lowest BCUT2D eigenvalue weighted by Crippen LogP contribution is -2.52. The third-order valence-corrected chi connectivity index (χ3v) is 3.66. The number of nitrogens with zero attached hydrogens (tertiary/aromatic N) is 1. The Morgan fingerprint density at radius 2 is 2.33 bits per heavy atom. The molecule has 1 rings (SSSR count). The maximum Gasteiger partial charge on any atom is 0.279 e. The summed E-state index contributed by atoms with van der Waals surface area (Å²) >= 11 is 0. The molecule has 0 bridgehead atoms. The summed E-state index contributed by atoms with van der Waals surface area (Å²) in [4.78, 5) is 0. The van der Waals surface area contributed by atoms with Crippen LogP contribution >= 0.6 is 0 Å². The van der Waals surface area contributed by atoms with Crippen LogP contribution in [0.5, 0.6) is 0 Å². The topological polar surface area (TPSA) is 75.4 Å². The second-order valence-corrected chi connectivity index (χ2v) is 4.66. The second kappa shape index (κ2) is 3.69. The minimum atomic E-state index is -3.19. The molecule has 0 saturated carbocycles. The van der Waals surface area contributed by atoms with Crippen molar-refractivity contribution in [2.24, 2.45) is 11.7 Å². The van der Waals surface area contributed by atoms with Crippen LogP contribution in [0.3, 0.4) is 0 Å². The molecule has 0 amide bonds. The average molecular weight is 193 g/mol. The number of nitrogens with one attached hydrogen (secondary N) is 1. The molecule has 1 atom stereocenters. The van der Waals surface area contributed by atoms with Gasteiger partial charge >= 0.3 is 0 Å². The maximum absolute atomic E-state index is 11.2. The van der Waals surface area contributed by atoms with Gasteiger partial charge in [-0.15, -0.1) is 0 Å². The quantitative estimate of drug-likeness (QED) is 0.574. The van der Waals surface area contributed by atoms with Gasteiger partial charge in [0.05, 0.1) is 0 Å². The van der Waals surface area contributed by atoms with Crippen molar-refractivity contribution in [2.75, 3.05) is 26.2 Å². The van der Waals surface area contributed by atoms with Crippen molar-refractivity contribution < 1.29 is 8.42 Å². The zero-order valence-electron chi connectivity index (χ0n) is 7.16. The van der Waals surface area contributed by atoms with Crippen LogP contribution in [0, 0.1) is 5.92 Å². The Morgan fingerprint density at radius 1 is 1.67 bits per heavy atom. The van der Waals surface area contributed by atoms with E-state index < -0.39 is 10.2 Å². The molecule has 1 aliphatic rings. The van der Waals surface area contributed by atoms with Crippen LogP contribution in [0.4, 0.5) is 0 Å². The van der Waals surface area contributed by atoms with Crippen molar-refractivity contribution in [3.05, 3.63) is 0 Å². The number of hydrogen-bond acceptors (Lipinski definition) is 3. The number of hydrogen-bond donors (Lipinski definition) is 2. The van der Waals surface area contributed by atoms with Crippen LogP contribution in [0.2, 0.25) is 0 Å². The van der Waals surface area contributed by atoms with E-state index in [0.717, 1.165) is 0 Å². The van der Waals surface area contributed by atoms with E-state index >= 15 is 0 Å². The molecule has 12 heavy (non-hydrogen) atoms. The molecule has 1 fully saturated rings. The number of nitrogens with two attached hydrogens (primary N) is 1. The molecule has 0 radical (unpaired) electrons. The molecule has 5 nitrogen and oxygen atoms in total.